The maximum Gasteiger partial charge on any atom is 0.335 e. The number of hydrogen-bond donors (Lipinski definition) is 1. The number of carboxylic acid groups (broad SMARTS) is 1. The number of fused-ring (bicyclic) bond motifs is 1. The van der Waals surface area contributed by atoms with E-state index in [0.717, 1.165) is 29.0 Å². The SMILES string of the molecule is CO/N=C(\c1ccc(C(=O)O)cc1)c1sc2c(c1C)C(C)(C)CCC2(C)C. The fourth-order valence-electron chi connectivity index (χ4n) is 3.98. The van der Waals surface area contributed by atoms with Gasteiger partial charge < -0.3 is 9.94 Å². The van der Waals surface area contributed by atoms with Gasteiger partial charge in [-0.3, -0.25) is 0 Å². The van der Waals surface area contributed by atoms with Crippen molar-refractivity contribution in [2.75, 3.05) is 7.11 Å². The first-order chi connectivity index (χ1) is 12.6. The average Bonchev–Trinajstić information content (AvgIpc) is 2.97. The molecular weight excluding hydrogens is 358 g/mol. The molecule has 0 aliphatic heterocycles. The lowest BCUT2D eigenvalue weighted by atomic mass is 9.66. The molecule has 1 aromatic carbocycles. The molecule has 0 saturated heterocycles. The molecule has 144 valence electrons. The van der Waals surface area contributed by atoms with Crippen molar-refractivity contribution < 1.29 is 14.7 Å². The Balaban J connectivity index is 2.17. The van der Waals surface area contributed by atoms with E-state index in [4.69, 9.17) is 9.94 Å². The zero-order valence-corrected chi connectivity index (χ0v) is 17.7. The third kappa shape index (κ3) is 3.41. The Morgan fingerprint density at radius 3 is 2.15 bits per heavy atom. The van der Waals surface area contributed by atoms with E-state index in [1.807, 2.05) is 0 Å². The van der Waals surface area contributed by atoms with Crippen LogP contribution in [0.3, 0.4) is 0 Å². The van der Waals surface area contributed by atoms with Crippen LogP contribution in [0.15, 0.2) is 29.4 Å². The van der Waals surface area contributed by atoms with E-state index in [-0.39, 0.29) is 16.4 Å². The van der Waals surface area contributed by atoms with Crippen molar-refractivity contribution in [2.24, 2.45) is 5.16 Å². The molecule has 0 amide bonds. The summed E-state index contributed by atoms with van der Waals surface area (Å²) in [5.41, 5.74) is 4.85. The summed E-state index contributed by atoms with van der Waals surface area (Å²) in [4.78, 5) is 18.8. The summed E-state index contributed by atoms with van der Waals surface area (Å²) in [6.45, 7) is 11.4. The van der Waals surface area contributed by atoms with Gasteiger partial charge in [-0.1, -0.05) is 45.0 Å². The van der Waals surface area contributed by atoms with Crippen LogP contribution in [0.2, 0.25) is 0 Å². The quantitative estimate of drug-likeness (QED) is 0.558. The Bertz CT molecular complexity index is 904. The molecule has 1 N–H and O–H groups in total. The van der Waals surface area contributed by atoms with E-state index in [0.29, 0.717) is 0 Å². The standard InChI is InChI=1S/C22H27NO3S/c1-13-16-19(22(4,5)12-11-21(16,2)3)27-18(13)17(23-26-6)14-7-9-15(10-8-14)20(24)25/h7-10H,11-12H2,1-6H3,(H,24,25)/b23-17+. The van der Waals surface area contributed by atoms with E-state index >= 15 is 0 Å². The highest BCUT2D eigenvalue weighted by atomic mass is 32.1. The van der Waals surface area contributed by atoms with Gasteiger partial charge in [0.25, 0.3) is 0 Å². The molecule has 0 bridgehead atoms. The Labute approximate surface area is 164 Å². The first-order valence-electron chi connectivity index (χ1n) is 9.18. The molecule has 1 aromatic heterocycles. The van der Waals surface area contributed by atoms with Gasteiger partial charge in [0.1, 0.15) is 12.8 Å². The van der Waals surface area contributed by atoms with Gasteiger partial charge in [0, 0.05) is 10.4 Å². The van der Waals surface area contributed by atoms with Crippen LogP contribution in [0.25, 0.3) is 0 Å². The fourth-order valence-corrected chi connectivity index (χ4v) is 5.60. The highest BCUT2D eigenvalue weighted by Gasteiger charge is 2.41. The van der Waals surface area contributed by atoms with Crippen molar-refractivity contribution in [3.63, 3.8) is 0 Å². The average molecular weight is 386 g/mol. The summed E-state index contributed by atoms with van der Waals surface area (Å²) in [5, 5.41) is 13.5. The van der Waals surface area contributed by atoms with Crippen molar-refractivity contribution in [1.29, 1.82) is 0 Å². The third-order valence-electron chi connectivity index (χ3n) is 5.62. The van der Waals surface area contributed by atoms with Gasteiger partial charge in [0.2, 0.25) is 0 Å². The Morgan fingerprint density at radius 2 is 1.63 bits per heavy atom. The highest BCUT2D eigenvalue weighted by Crippen LogP contribution is 2.51. The number of carboxylic acids is 1. The lowest BCUT2D eigenvalue weighted by Crippen LogP contribution is -2.32. The number of benzene rings is 1. The molecule has 0 atom stereocenters. The molecule has 3 rings (SSSR count). The smallest absolute Gasteiger partial charge is 0.335 e. The van der Waals surface area contributed by atoms with Gasteiger partial charge >= 0.3 is 5.97 Å². The lowest BCUT2D eigenvalue weighted by Gasteiger charge is -2.39. The monoisotopic (exact) mass is 385 g/mol. The van der Waals surface area contributed by atoms with Crippen LogP contribution < -0.4 is 0 Å². The fraction of sp³-hybridized carbons (Fsp3) is 0.455. The second-order valence-electron chi connectivity index (χ2n) is 8.53. The number of carbonyl (C=O) groups is 1. The van der Waals surface area contributed by atoms with E-state index in [1.165, 1.54) is 16.0 Å². The highest BCUT2D eigenvalue weighted by molar-refractivity contribution is 7.15. The summed E-state index contributed by atoms with van der Waals surface area (Å²) in [6.07, 6.45) is 2.32. The van der Waals surface area contributed by atoms with Crippen LogP contribution in [0.4, 0.5) is 0 Å². The van der Waals surface area contributed by atoms with Crippen molar-refractivity contribution in [3.8, 4) is 0 Å². The van der Waals surface area contributed by atoms with Gasteiger partial charge in [-0.05, 0) is 53.9 Å². The number of thiophene rings is 1. The summed E-state index contributed by atoms with van der Waals surface area (Å²) in [6, 6.07) is 6.82. The molecule has 4 nitrogen and oxygen atoms in total. The molecule has 0 radical (unpaired) electrons. The van der Waals surface area contributed by atoms with Crippen LogP contribution in [-0.2, 0) is 15.7 Å². The number of aromatic carboxylic acids is 1. The Kier molecular flexibility index (Phi) is 4.93. The topological polar surface area (TPSA) is 58.9 Å². The van der Waals surface area contributed by atoms with E-state index in [1.54, 1.807) is 42.7 Å². The number of rotatable bonds is 4. The van der Waals surface area contributed by atoms with Crippen molar-refractivity contribution >= 4 is 23.0 Å². The second kappa shape index (κ2) is 6.79. The summed E-state index contributed by atoms with van der Waals surface area (Å²) < 4.78 is 0. The van der Waals surface area contributed by atoms with Gasteiger partial charge in [-0.2, -0.15) is 0 Å². The number of hydrogen-bond acceptors (Lipinski definition) is 4. The minimum Gasteiger partial charge on any atom is -0.478 e. The first-order valence-corrected chi connectivity index (χ1v) is 10.00. The van der Waals surface area contributed by atoms with Gasteiger partial charge in [0.05, 0.1) is 10.4 Å². The maximum atomic E-state index is 11.2. The summed E-state index contributed by atoms with van der Waals surface area (Å²) >= 11 is 1.80. The molecule has 1 aliphatic carbocycles. The van der Waals surface area contributed by atoms with Crippen LogP contribution >= 0.6 is 11.3 Å². The first kappa shape index (κ1) is 19.6. The Hall–Kier alpha value is -2.14. The third-order valence-corrected chi connectivity index (χ3v) is 7.28. The molecule has 0 saturated carbocycles. The molecular formula is C22H27NO3S. The van der Waals surface area contributed by atoms with E-state index in [2.05, 4.69) is 39.8 Å². The predicted octanol–water partition coefficient (Wildman–Crippen LogP) is 5.50. The predicted molar refractivity (Wildman–Crippen MR) is 110 cm³/mol. The number of nitrogens with zero attached hydrogens (tertiary/aromatic N) is 1. The van der Waals surface area contributed by atoms with E-state index < -0.39 is 5.97 Å². The van der Waals surface area contributed by atoms with Crippen LogP contribution in [0, 0.1) is 6.92 Å². The van der Waals surface area contributed by atoms with Gasteiger partial charge in [0.15, 0.2) is 0 Å². The molecule has 1 heterocycles. The molecule has 0 unspecified atom stereocenters. The van der Waals surface area contributed by atoms with Crippen molar-refractivity contribution in [1.82, 2.24) is 0 Å². The number of oxime groups is 1. The summed E-state index contributed by atoms with van der Waals surface area (Å²) in [5.74, 6) is -0.932. The van der Waals surface area contributed by atoms with Crippen LogP contribution in [0.1, 0.15) is 77.3 Å². The minimum absolute atomic E-state index is 0.134. The summed E-state index contributed by atoms with van der Waals surface area (Å²) in [7, 11) is 1.54. The zero-order valence-electron chi connectivity index (χ0n) is 16.8. The van der Waals surface area contributed by atoms with Crippen LogP contribution in [-0.4, -0.2) is 23.9 Å². The normalized spacial score (nSPS) is 18.1. The molecule has 1 aliphatic rings. The molecule has 2 aromatic rings. The maximum absolute atomic E-state index is 11.2. The largest absolute Gasteiger partial charge is 0.478 e. The van der Waals surface area contributed by atoms with Crippen molar-refractivity contribution in [2.45, 2.75) is 58.3 Å². The van der Waals surface area contributed by atoms with Crippen molar-refractivity contribution in [3.05, 3.63) is 56.3 Å². The molecule has 0 fully saturated rings. The minimum atomic E-state index is -0.932. The van der Waals surface area contributed by atoms with Gasteiger partial charge in [-0.25, -0.2) is 4.79 Å². The molecule has 5 heteroatoms. The molecule has 0 spiro atoms. The second-order valence-corrected chi connectivity index (χ2v) is 9.55. The zero-order chi connectivity index (χ0) is 20.0. The van der Waals surface area contributed by atoms with E-state index in [9.17, 15) is 4.79 Å². The van der Waals surface area contributed by atoms with Crippen LogP contribution in [0.5, 0.6) is 0 Å². The Morgan fingerprint density at radius 1 is 1.07 bits per heavy atom. The lowest BCUT2D eigenvalue weighted by molar-refractivity contribution is 0.0697. The van der Waals surface area contributed by atoms with Gasteiger partial charge in [-0.15, -0.1) is 11.3 Å². The molecule has 27 heavy (non-hydrogen) atoms.